The van der Waals surface area contributed by atoms with Crippen LogP contribution in [0.5, 0.6) is 0 Å². The number of hydrogen-bond donors (Lipinski definition) is 1. The lowest BCUT2D eigenvalue weighted by Gasteiger charge is -2.24. The van der Waals surface area contributed by atoms with Gasteiger partial charge in [-0.15, -0.1) is 0 Å². The normalized spacial score (nSPS) is 14.0. The van der Waals surface area contributed by atoms with Gasteiger partial charge < -0.3 is 18.9 Å². The minimum atomic E-state index is -4.39. The highest BCUT2D eigenvalue weighted by Crippen LogP contribution is 2.43. The molecule has 0 aromatic carbocycles. The van der Waals surface area contributed by atoms with E-state index in [-0.39, 0.29) is 26.1 Å². The molecular weight excluding hydrogens is 725 g/mol. The number of likely N-dealkylation sites (N-methyl/N-ethyl adjacent to an activating group) is 1. The van der Waals surface area contributed by atoms with Gasteiger partial charge in [-0.2, -0.15) is 0 Å². The lowest BCUT2D eigenvalue weighted by atomic mass is 10.0. The molecule has 0 radical (unpaired) electrons. The molecule has 10 heteroatoms. The zero-order chi connectivity index (χ0) is 41.4. The maximum atomic E-state index is 12.7. The summed E-state index contributed by atoms with van der Waals surface area (Å²) in [5, 5.41) is 0. The molecule has 0 aromatic heterocycles. The summed E-state index contributed by atoms with van der Waals surface area (Å²) in [6.07, 6.45) is 44.5. The van der Waals surface area contributed by atoms with Gasteiger partial charge in [-0.1, -0.05) is 165 Å². The molecule has 56 heavy (non-hydrogen) atoms. The molecule has 1 unspecified atom stereocenters. The second kappa shape index (κ2) is 38.5. The van der Waals surface area contributed by atoms with E-state index >= 15 is 0 Å². The van der Waals surface area contributed by atoms with Crippen LogP contribution in [0.2, 0.25) is 0 Å². The average Bonchev–Trinajstić information content (AvgIpc) is 3.15. The Morgan fingerprint density at radius 3 is 1.48 bits per heavy atom. The predicted molar refractivity (Wildman–Crippen MR) is 233 cm³/mol. The van der Waals surface area contributed by atoms with E-state index in [1.165, 1.54) is 103 Å². The Bertz CT molecular complexity index is 1100. The molecule has 0 amide bonds. The molecule has 1 N–H and O–H groups in total. The van der Waals surface area contributed by atoms with Crippen molar-refractivity contribution in [3.8, 4) is 0 Å². The highest BCUT2D eigenvalue weighted by Gasteiger charge is 2.27. The quantitative estimate of drug-likeness (QED) is 0.0214. The number of carbonyl (C=O) groups excluding carboxylic acids is 2. The molecule has 0 aliphatic carbocycles. The largest absolute Gasteiger partial charge is 0.472 e. The van der Waals surface area contributed by atoms with Crippen LogP contribution >= 0.6 is 7.82 Å². The number of allylic oxidation sites excluding steroid dienone is 8. The number of carbonyl (C=O) groups is 2. The maximum absolute atomic E-state index is 12.7. The van der Waals surface area contributed by atoms with Crippen molar-refractivity contribution in [1.29, 1.82) is 0 Å². The Morgan fingerprint density at radius 1 is 0.554 bits per heavy atom. The van der Waals surface area contributed by atoms with Gasteiger partial charge in [-0.25, -0.2) is 4.57 Å². The minimum Gasteiger partial charge on any atom is -0.462 e. The molecule has 0 aliphatic heterocycles. The van der Waals surface area contributed by atoms with Gasteiger partial charge in [0.1, 0.15) is 19.8 Å². The van der Waals surface area contributed by atoms with Crippen molar-refractivity contribution in [2.24, 2.45) is 0 Å². The van der Waals surface area contributed by atoms with E-state index in [0.717, 1.165) is 38.5 Å². The third-order valence-corrected chi connectivity index (χ3v) is 10.3. The fraction of sp³-hybridized carbons (Fsp3) is 0.783. The van der Waals surface area contributed by atoms with Gasteiger partial charge in [0.2, 0.25) is 0 Å². The van der Waals surface area contributed by atoms with E-state index in [1.54, 1.807) is 0 Å². The molecule has 0 spiro atoms. The molecule has 2 atom stereocenters. The van der Waals surface area contributed by atoms with E-state index in [0.29, 0.717) is 23.9 Å². The van der Waals surface area contributed by atoms with Gasteiger partial charge >= 0.3 is 19.8 Å². The number of esters is 2. The van der Waals surface area contributed by atoms with Crippen LogP contribution in [0.25, 0.3) is 0 Å². The van der Waals surface area contributed by atoms with E-state index < -0.39 is 32.5 Å². The molecule has 326 valence electrons. The molecular formula is C46H85NO8P+. The van der Waals surface area contributed by atoms with Gasteiger partial charge in [0, 0.05) is 12.8 Å². The second-order valence-electron chi connectivity index (χ2n) is 16.1. The van der Waals surface area contributed by atoms with E-state index in [1.807, 2.05) is 21.1 Å². The number of phosphoric acid groups is 1. The van der Waals surface area contributed by atoms with Crippen molar-refractivity contribution >= 4 is 19.8 Å². The van der Waals surface area contributed by atoms with Crippen molar-refractivity contribution < 1.29 is 42.1 Å². The Kier molecular flexibility index (Phi) is 37.1. The standard InChI is InChI=1S/C46H84NO8P/c1-6-8-10-12-14-16-18-20-22-23-25-26-28-30-32-34-36-38-45(48)52-42-44(43-54-56(50,51)53-41-40-47(3,4)5)55-46(49)39-37-35-33-31-29-27-24-21-19-17-15-13-11-9-7-2/h14,16,20,22,25-26,30,32,44H,6-13,15,17-19,21,23-24,27-29,31,33-43H2,1-5H3/p+1/b16-14-,22-20-,26-25-,32-30-/t44-/m1/s1. The van der Waals surface area contributed by atoms with Gasteiger partial charge in [0.05, 0.1) is 27.7 Å². The summed E-state index contributed by atoms with van der Waals surface area (Å²) in [4.78, 5) is 35.3. The number of nitrogens with zero attached hydrogens (tertiary/aromatic N) is 1. The van der Waals surface area contributed by atoms with Crippen LogP contribution in [0.15, 0.2) is 48.6 Å². The van der Waals surface area contributed by atoms with E-state index in [2.05, 4.69) is 62.5 Å². The zero-order valence-corrected chi connectivity index (χ0v) is 37.5. The van der Waals surface area contributed by atoms with Crippen molar-refractivity contribution in [2.45, 2.75) is 187 Å². The van der Waals surface area contributed by atoms with E-state index in [9.17, 15) is 19.0 Å². The third-order valence-electron chi connectivity index (χ3n) is 9.36. The number of hydrogen-bond acceptors (Lipinski definition) is 7. The number of unbranched alkanes of at least 4 members (excludes halogenated alkanes) is 18. The summed E-state index contributed by atoms with van der Waals surface area (Å²) in [5.41, 5.74) is 0. The fourth-order valence-electron chi connectivity index (χ4n) is 5.83. The highest BCUT2D eigenvalue weighted by molar-refractivity contribution is 7.47. The third kappa shape index (κ3) is 41.6. The Labute approximate surface area is 343 Å². The van der Waals surface area contributed by atoms with Gasteiger partial charge in [0.25, 0.3) is 0 Å². The second-order valence-corrected chi connectivity index (χ2v) is 17.5. The Hall–Kier alpha value is -2.03. The van der Waals surface area contributed by atoms with Gasteiger partial charge in [-0.05, 0) is 51.4 Å². The molecule has 0 fully saturated rings. The van der Waals surface area contributed by atoms with Crippen LogP contribution in [0, 0.1) is 0 Å². The smallest absolute Gasteiger partial charge is 0.462 e. The molecule has 0 saturated heterocycles. The van der Waals surface area contributed by atoms with Crippen LogP contribution in [0.3, 0.4) is 0 Å². The summed E-state index contributed by atoms with van der Waals surface area (Å²) < 4.78 is 34.2. The van der Waals surface area contributed by atoms with Gasteiger partial charge in [0.15, 0.2) is 6.10 Å². The predicted octanol–water partition coefficient (Wildman–Crippen LogP) is 12.7. The van der Waals surface area contributed by atoms with Crippen LogP contribution in [-0.4, -0.2) is 74.9 Å². The fourth-order valence-corrected chi connectivity index (χ4v) is 6.57. The molecule has 9 nitrogen and oxygen atoms in total. The topological polar surface area (TPSA) is 108 Å². The molecule has 0 aromatic rings. The summed E-state index contributed by atoms with van der Waals surface area (Å²) in [5.74, 6) is -0.862. The van der Waals surface area contributed by atoms with Crippen LogP contribution in [0.4, 0.5) is 0 Å². The average molecular weight is 811 g/mol. The molecule has 0 saturated carbocycles. The molecule has 0 bridgehead atoms. The van der Waals surface area contributed by atoms with Crippen LogP contribution < -0.4 is 0 Å². The van der Waals surface area contributed by atoms with E-state index in [4.69, 9.17) is 18.5 Å². The first-order chi connectivity index (χ1) is 27.0. The molecule has 0 heterocycles. The summed E-state index contributed by atoms with van der Waals surface area (Å²) in [7, 11) is 1.45. The lowest BCUT2D eigenvalue weighted by molar-refractivity contribution is -0.870. The van der Waals surface area contributed by atoms with Crippen molar-refractivity contribution in [2.75, 3.05) is 47.5 Å². The number of ether oxygens (including phenoxy) is 2. The van der Waals surface area contributed by atoms with Crippen LogP contribution in [0.1, 0.15) is 181 Å². The Balaban J connectivity index is 4.44. The monoisotopic (exact) mass is 811 g/mol. The highest BCUT2D eigenvalue weighted by atomic mass is 31.2. The lowest BCUT2D eigenvalue weighted by Crippen LogP contribution is -2.37. The maximum Gasteiger partial charge on any atom is 0.472 e. The SMILES string of the molecule is CCCCC/C=C\C/C=C\C/C=C\C/C=C\CCCC(=O)OC[C@H](COP(=O)(O)OCC[N+](C)(C)C)OC(=O)CCCCCCCCCCCCCCCCC. The summed E-state index contributed by atoms with van der Waals surface area (Å²) >= 11 is 0. The molecule has 0 rings (SSSR count). The first kappa shape index (κ1) is 54.0. The summed E-state index contributed by atoms with van der Waals surface area (Å²) in [6.45, 7) is 4.33. The van der Waals surface area contributed by atoms with Crippen molar-refractivity contribution in [3.63, 3.8) is 0 Å². The summed E-state index contributed by atoms with van der Waals surface area (Å²) in [6, 6.07) is 0. The Morgan fingerprint density at radius 2 is 0.982 bits per heavy atom. The first-order valence-corrected chi connectivity index (χ1v) is 23.9. The zero-order valence-electron chi connectivity index (χ0n) is 36.6. The van der Waals surface area contributed by atoms with Crippen LogP contribution in [-0.2, 0) is 32.7 Å². The number of quaternary nitrogens is 1. The number of rotatable bonds is 40. The molecule has 0 aliphatic rings. The van der Waals surface area contributed by atoms with Crippen molar-refractivity contribution in [3.05, 3.63) is 48.6 Å². The first-order valence-electron chi connectivity index (χ1n) is 22.4. The minimum absolute atomic E-state index is 0.0232. The van der Waals surface area contributed by atoms with Gasteiger partial charge in [-0.3, -0.25) is 18.6 Å². The van der Waals surface area contributed by atoms with Crippen molar-refractivity contribution in [1.82, 2.24) is 0 Å². The number of phosphoric ester groups is 1.